The van der Waals surface area contributed by atoms with Gasteiger partial charge in [-0.1, -0.05) is 12.8 Å². The molecule has 0 aromatic rings. The molecule has 0 aliphatic heterocycles. The third-order valence-electron chi connectivity index (χ3n) is 8.71. The molecule has 6 rings (SSSR count). The first kappa shape index (κ1) is 12.7. The molecule has 8 atom stereocenters. The lowest BCUT2D eigenvalue weighted by atomic mass is 9.80. The molecule has 2 nitrogen and oxygen atoms in total. The lowest BCUT2D eigenvalue weighted by Crippen LogP contribution is -2.25. The first-order chi connectivity index (χ1) is 10.9. The van der Waals surface area contributed by atoms with Crippen molar-refractivity contribution in [1.29, 1.82) is 0 Å². The quantitative estimate of drug-likeness (QED) is 0.627. The van der Waals surface area contributed by atoms with E-state index in [9.17, 15) is 0 Å². The van der Waals surface area contributed by atoms with Crippen molar-refractivity contribution in [3.63, 3.8) is 0 Å². The van der Waals surface area contributed by atoms with Crippen LogP contribution in [-0.4, -0.2) is 11.4 Å². The Morgan fingerprint density at radius 2 is 1.05 bits per heavy atom. The molecule has 0 unspecified atom stereocenters. The minimum atomic E-state index is 0.833. The maximum Gasteiger partial charge on any atom is 0.0442 e. The minimum Gasteiger partial charge on any atom is -0.160 e. The standard InChI is InChI=1S/C20H28N2/c1-3-13-11-7-17(15(13)5-1)19(9-11)21-22-20-10-12-8-18(20)16-6-2-4-14(12)16/h11-18H,1-10H2/b21-19-,22-20-/t11-,12+,13-,14+,15+,16-,17-,18-/m0/s1. The van der Waals surface area contributed by atoms with Crippen LogP contribution in [0.15, 0.2) is 10.2 Å². The van der Waals surface area contributed by atoms with Crippen molar-refractivity contribution in [2.45, 2.75) is 64.2 Å². The van der Waals surface area contributed by atoms with Crippen LogP contribution in [0.2, 0.25) is 0 Å². The summed E-state index contributed by atoms with van der Waals surface area (Å²) in [5, 5.41) is 9.77. The molecule has 2 heteroatoms. The minimum absolute atomic E-state index is 0.833. The van der Waals surface area contributed by atoms with E-state index < -0.39 is 0 Å². The van der Waals surface area contributed by atoms with Gasteiger partial charge in [0.1, 0.15) is 0 Å². The summed E-state index contributed by atoms with van der Waals surface area (Å²) in [6.45, 7) is 0. The number of hydrogen-bond acceptors (Lipinski definition) is 2. The van der Waals surface area contributed by atoms with Crippen molar-refractivity contribution in [2.24, 2.45) is 57.5 Å². The van der Waals surface area contributed by atoms with Gasteiger partial charge in [0.15, 0.2) is 0 Å². The number of rotatable bonds is 1. The van der Waals surface area contributed by atoms with Crippen LogP contribution in [0.4, 0.5) is 0 Å². The van der Waals surface area contributed by atoms with E-state index in [1.807, 2.05) is 0 Å². The van der Waals surface area contributed by atoms with Crippen LogP contribution >= 0.6 is 0 Å². The van der Waals surface area contributed by atoms with E-state index in [1.54, 1.807) is 0 Å². The number of fused-ring (bicyclic) bond motifs is 10. The highest BCUT2D eigenvalue weighted by atomic mass is 15.2. The average molecular weight is 296 g/mol. The van der Waals surface area contributed by atoms with E-state index >= 15 is 0 Å². The van der Waals surface area contributed by atoms with Gasteiger partial charge in [0.05, 0.1) is 0 Å². The zero-order valence-corrected chi connectivity index (χ0v) is 13.6. The molecule has 6 saturated carbocycles. The first-order valence-electron chi connectivity index (χ1n) is 10.0. The fourth-order valence-corrected chi connectivity index (χ4v) is 7.99. The van der Waals surface area contributed by atoms with Crippen molar-refractivity contribution < 1.29 is 0 Å². The maximum atomic E-state index is 4.89. The summed E-state index contributed by atoms with van der Waals surface area (Å²) in [6.07, 6.45) is 14.5. The predicted octanol–water partition coefficient (Wildman–Crippen LogP) is 4.70. The monoisotopic (exact) mass is 296 g/mol. The third-order valence-corrected chi connectivity index (χ3v) is 8.71. The molecule has 4 bridgehead atoms. The van der Waals surface area contributed by atoms with Gasteiger partial charge in [0.2, 0.25) is 0 Å². The van der Waals surface area contributed by atoms with Crippen LogP contribution in [0.1, 0.15) is 64.2 Å². The topological polar surface area (TPSA) is 24.7 Å². The molecule has 6 aliphatic rings. The summed E-state index contributed by atoms with van der Waals surface area (Å²) in [4.78, 5) is 0. The lowest BCUT2D eigenvalue weighted by molar-refractivity contribution is 0.331. The fourth-order valence-electron chi connectivity index (χ4n) is 7.99. The highest BCUT2D eigenvalue weighted by Gasteiger charge is 2.54. The molecule has 0 saturated heterocycles. The second-order valence-electron chi connectivity index (χ2n) is 9.31. The van der Waals surface area contributed by atoms with E-state index in [-0.39, 0.29) is 0 Å². The molecule has 0 heterocycles. The fraction of sp³-hybridized carbons (Fsp3) is 0.900. The Bertz CT molecular complexity index is 512. The number of hydrogen-bond donors (Lipinski definition) is 0. The molecule has 0 spiro atoms. The van der Waals surface area contributed by atoms with E-state index in [0.717, 1.165) is 47.3 Å². The summed E-state index contributed by atoms with van der Waals surface area (Å²) in [6, 6.07) is 0. The van der Waals surface area contributed by atoms with E-state index in [1.165, 1.54) is 75.6 Å². The molecule has 0 aromatic heterocycles. The van der Waals surface area contributed by atoms with Gasteiger partial charge in [-0.3, -0.25) is 0 Å². The van der Waals surface area contributed by atoms with Gasteiger partial charge in [0.25, 0.3) is 0 Å². The second-order valence-corrected chi connectivity index (χ2v) is 9.31. The van der Waals surface area contributed by atoms with Crippen molar-refractivity contribution in [3.8, 4) is 0 Å². The van der Waals surface area contributed by atoms with Crippen LogP contribution in [0.25, 0.3) is 0 Å². The van der Waals surface area contributed by atoms with E-state index in [2.05, 4.69) is 0 Å². The summed E-state index contributed by atoms with van der Waals surface area (Å²) < 4.78 is 0. The number of nitrogens with zero attached hydrogens (tertiary/aromatic N) is 2. The lowest BCUT2D eigenvalue weighted by Gasteiger charge is -2.26. The van der Waals surface area contributed by atoms with Gasteiger partial charge in [-0.05, 0) is 86.9 Å². The summed E-state index contributed by atoms with van der Waals surface area (Å²) in [5.41, 5.74) is 3.01. The third kappa shape index (κ3) is 1.57. The molecule has 22 heavy (non-hydrogen) atoms. The Kier molecular flexibility index (Phi) is 2.57. The van der Waals surface area contributed by atoms with Crippen LogP contribution in [0.3, 0.4) is 0 Å². The molecule has 0 amide bonds. The van der Waals surface area contributed by atoms with Crippen molar-refractivity contribution in [2.75, 3.05) is 0 Å². The van der Waals surface area contributed by atoms with Gasteiger partial charge in [-0.15, -0.1) is 0 Å². The molecule has 0 radical (unpaired) electrons. The Hall–Kier alpha value is -0.660. The highest BCUT2D eigenvalue weighted by molar-refractivity contribution is 5.93. The molecule has 6 aliphatic carbocycles. The largest absolute Gasteiger partial charge is 0.160 e. The van der Waals surface area contributed by atoms with Crippen molar-refractivity contribution in [3.05, 3.63) is 0 Å². The summed E-state index contributed by atoms with van der Waals surface area (Å²) >= 11 is 0. The van der Waals surface area contributed by atoms with E-state index in [4.69, 9.17) is 10.2 Å². The van der Waals surface area contributed by atoms with Crippen molar-refractivity contribution in [1.82, 2.24) is 0 Å². The van der Waals surface area contributed by atoms with Crippen LogP contribution < -0.4 is 0 Å². The van der Waals surface area contributed by atoms with Crippen LogP contribution in [-0.2, 0) is 0 Å². The van der Waals surface area contributed by atoms with Gasteiger partial charge >= 0.3 is 0 Å². The molecular formula is C20H28N2. The molecule has 0 aromatic carbocycles. The Balaban J connectivity index is 1.24. The van der Waals surface area contributed by atoms with E-state index in [0.29, 0.717) is 0 Å². The Morgan fingerprint density at radius 1 is 0.591 bits per heavy atom. The SMILES string of the molecule is C1C[C@@H]2[C@@H](C1)[C@@H]1C/C(=N/N=C3/C[C@H]4C[C@H]3[C@H]3CCC[C@H]43)[C@H]2C1. The first-order valence-corrected chi connectivity index (χ1v) is 10.0. The molecule has 118 valence electrons. The Morgan fingerprint density at radius 3 is 1.55 bits per heavy atom. The van der Waals surface area contributed by atoms with Gasteiger partial charge < -0.3 is 0 Å². The maximum absolute atomic E-state index is 4.89. The van der Waals surface area contributed by atoms with Crippen LogP contribution in [0, 0.1) is 47.3 Å². The van der Waals surface area contributed by atoms with Crippen LogP contribution in [0.5, 0.6) is 0 Å². The molecule has 6 fully saturated rings. The Labute approximate surface area is 133 Å². The highest BCUT2D eigenvalue weighted by Crippen LogP contribution is 2.59. The molecule has 0 N–H and O–H groups in total. The van der Waals surface area contributed by atoms with Crippen molar-refractivity contribution >= 4 is 11.4 Å². The predicted molar refractivity (Wildman–Crippen MR) is 89.0 cm³/mol. The normalized spacial score (nSPS) is 58.2. The van der Waals surface area contributed by atoms with Gasteiger partial charge in [-0.25, -0.2) is 0 Å². The zero-order valence-electron chi connectivity index (χ0n) is 13.6. The average Bonchev–Trinajstić information content (AvgIpc) is 3.33. The smallest absolute Gasteiger partial charge is 0.0442 e. The molecular weight excluding hydrogens is 268 g/mol. The van der Waals surface area contributed by atoms with Gasteiger partial charge in [-0.2, -0.15) is 10.2 Å². The summed E-state index contributed by atoms with van der Waals surface area (Å²) in [7, 11) is 0. The zero-order chi connectivity index (χ0) is 14.3. The van der Waals surface area contributed by atoms with Gasteiger partial charge in [0, 0.05) is 23.3 Å². The summed E-state index contributed by atoms with van der Waals surface area (Å²) in [5.74, 6) is 7.76. The second kappa shape index (κ2) is 4.45.